The van der Waals surface area contributed by atoms with Crippen molar-refractivity contribution in [1.82, 2.24) is 5.32 Å². The molecule has 1 aromatic carbocycles. The van der Waals surface area contributed by atoms with Crippen LogP contribution in [-0.4, -0.2) is 33.1 Å². The van der Waals surface area contributed by atoms with Crippen molar-refractivity contribution < 1.29 is 17.9 Å². The van der Waals surface area contributed by atoms with Crippen LogP contribution < -0.4 is 5.32 Å². The van der Waals surface area contributed by atoms with E-state index in [0.717, 1.165) is 12.8 Å². The zero-order chi connectivity index (χ0) is 15.6. The number of carbonyl (C=O) groups excluding carboxylic acids is 1. The number of halogens is 2. The summed E-state index contributed by atoms with van der Waals surface area (Å²) in [6.07, 6.45) is 1.88. The van der Waals surface area contributed by atoms with E-state index in [9.17, 15) is 13.2 Å². The molecule has 0 saturated carbocycles. The predicted octanol–water partition coefficient (Wildman–Crippen LogP) is 2.67. The second-order valence-corrected chi connectivity index (χ2v) is 8.31. The van der Waals surface area contributed by atoms with Crippen LogP contribution >= 0.6 is 26.6 Å². The van der Waals surface area contributed by atoms with E-state index in [2.05, 4.69) is 21.2 Å². The minimum Gasteiger partial charge on any atom is -0.376 e. The predicted molar refractivity (Wildman–Crippen MR) is 83.1 cm³/mol. The first kappa shape index (κ1) is 16.7. The monoisotopic (exact) mass is 395 g/mol. The highest BCUT2D eigenvalue weighted by atomic mass is 79.9. The number of carbonyl (C=O) groups is 1. The molecule has 2 unspecified atom stereocenters. The van der Waals surface area contributed by atoms with E-state index in [4.69, 9.17) is 15.4 Å². The number of hydrogen-bond donors (Lipinski definition) is 1. The van der Waals surface area contributed by atoms with Gasteiger partial charge in [-0.2, -0.15) is 0 Å². The van der Waals surface area contributed by atoms with Crippen molar-refractivity contribution >= 4 is 41.6 Å². The first-order valence-electron chi connectivity index (χ1n) is 6.45. The van der Waals surface area contributed by atoms with Gasteiger partial charge >= 0.3 is 0 Å². The summed E-state index contributed by atoms with van der Waals surface area (Å²) in [5.41, 5.74) is 0.224. The molecule has 116 valence electrons. The zero-order valence-electron chi connectivity index (χ0n) is 11.3. The van der Waals surface area contributed by atoms with Crippen LogP contribution in [0, 0.1) is 0 Å². The Hall–Kier alpha value is -0.630. The van der Waals surface area contributed by atoms with Crippen molar-refractivity contribution in [2.45, 2.75) is 36.8 Å². The van der Waals surface area contributed by atoms with Gasteiger partial charge in [-0.05, 0) is 53.9 Å². The molecule has 0 radical (unpaired) electrons. The Kier molecular flexibility index (Phi) is 5.29. The minimum absolute atomic E-state index is 0.00679. The van der Waals surface area contributed by atoms with Crippen molar-refractivity contribution in [2.24, 2.45) is 0 Å². The summed E-state index contributed by atoms with van der Waals surface area (Å²) in [5, 5.41) is 2.83. The fourth-order valence-electron chi connectivity index (χ4n) is 2.20. The lowest BCUT2D eigenvalue weighted by Gasteiger charge is -2.20. The fraction of sp³-hybridized carbons (Fsp3) is 0.462. The van der Waals surface area contributed by atoms with E-state index in [-0.39, 0.29) is 28.5 Å². The molecule has 8 heteroatoms. The highest BCUT2D eigenvalue weighted by molar-refractivity contribution is 9.10. The molecule has 1 fully saturated rings. The van der Waals surface area contributed by atoms with Gasteiger partial charge in [0, 0.05) is 21.8 Å². The topological polar surface area (TPSA) is 72.5 Å². The lowest BCUT2D eigenvalue weighted by atomic mass is 10.1. The van der Waals surface area contributed by atoms with Gasteiger partial charge in [0.1, 0.15) is 0 Å². The van der Waals surface area contributed by atoms with Crippen LogP contribution in [0.15, 0.2) is 27.6 Å². The lowest BCUT2D eigenvalue weighted by molar-refractivity contribution is 0.0712. The van der Waals surface area contributed by atoms with Crippen LogP contribution in [0.2, 0.25) is 0 Å². The van der Waals surface area contributed by atoms with Crippen LogP contribution in [0.3, 0.4) is 0 Å². The number of ether oxygens (including phenoxy) is 1. The van der Waals surface area contributed by atoms with Gasteiger partial charge in [0.25, 0.3) is 15.0 Å². The maximum Gasteiger partial charge on any atom is 0.261 e. The number of hydrogen-bond acceptors (Lipinski definition) is 4. The summed E-state index contributed by atoms with van der Waals surface area (Å²) in [6, 6.07) is 3.93. The van der Waals surface area contributed by atoms with Crippen LogP contribution in [0.1, 0.15) is 30.1 Å². The van der Waals surface area contributed by atoms with Gasteiger partial charge in [0.15, 0.2) is 0 Å². The molecule has 2 atom stereocenters. The summed E-state index contributed by atoms with van der Waals surface area (Å²) < 4.78 is 28.7. The molecule has 0 aromatic heterocycles. The van der Waals surface area contributed by atoms with Crippen LogP contribution in [-0.2, 0) is 13.8 Å². The largest absolute Gasteiger partial charge is 0.376 e. The molecule has 2 rings (SSSR count). The van der Waals surface area contributed by atoms with Crippen molar-refractivity contribution in [2.75, 3.05) is 6.61 Å². The fourth-order valence-corrected chi connectivity index (χ4v) is 3.41. The molecule has 1 saturated heterocycles. The number of rotatable bonds is 4. The molecule has 5 nitrogen and oxygen atoms in total. The number of amides is 1. The van der Waals surface area contributed by atoms with Gasteiger partial charge in [0.2, 0.25) is 0 Å². The Labute approximate surface area is 136 Å². The average molecular weight is 397 g/mol. The van der Waals surface area contributed by atoms with E-state index in [1.54, 1.807) is 0 Å². The molecule has 1 amide bonds. The zero-order valence-corrected chi connectivity index (χ0v) is 14.5. The molecule has 0 bridgehead atoms. The minimum atomic E-state index is -3.87. The average Bonchev–Trinajstić information content (AvgIpc) is 2.91. The number of benzene rings is 1. The van der Waals surface area contributed by atoms with Crippen LogP contribution in [0.4, 0.5) is 0 Å². The highest BCUT2D eigenvalue weighted by Gasteiger charge is 2.25. The molecule has 1 N–H and O–H groups in total. The van der Waals surface area contributed by atoms with Gasteiger partial charge in [0.05, 0.1) is 22.6 Å². The van der Waals surface area contributed by atoms with Crippen LogP contribution in [0.25, 0.3) is 0 Å². The second kappa shape index (κ2) is 6.64. The molecule has 0 spiro atoms. The maximum absolute atomic E-state index is 12.3. The first-order valence-corrected chi connectivity index (χ1v) is 9.56. The third-order valence-electron chi connectivity index (χ3n) is 3.35. The highest BCUT2D eigenvalue weighted by Crippen LogP contribution is 2.24. The molecule has 1 aliphatic rings. The maximum atomic E-state index is 12.3. The summed E-state index contributed by atoms with van der Waals surface area (Å²) in [5.74, 6) is -0.368. The Bertz CT molecular complexity index is 644. The van der Waals surface area contributed by atoms with Gasteiger partial charge in [-0.1, -0.05) is 0 Å². The van der Waals surface area contributed by atoms with Crippen molar-refractivity contribution in [3.63, 3.8) is 0 Å². The van der Waals surface area contributed by atoms with Gasteiger partial charge < -0.3 is 10.1 Å². The Balaban J connectivity index is 2.18. The quantitative estimate of drug-likeness (QED) is 0.794. The third-order valence-corrected chi connectivity index (χ3v) is 5.39. The summed E-state index contributed by atoms with van der Waals surface area (Å²) in [4.78, 5) is 12.2. The molecule has 1 heterocycles. The Morgan fingerprint density at radius 2 is 2.24 bits per heavy atom. The smallest absolute Gasteiger partial charge is 0.261 e. The van der Waals surface area contributed by atoms with E-state index < -0.39 is 9.05 Å². The SMILES string of the molecule is CC(NC(=O)c1cc(S(=O)(=O)Cl)ccc1Br)C1CCCO1. The van der Waals surface area contributed by atoms with Crippen molar-refractivity contribution in [3.8, 4) is 0 Å². The van der Waals surface area contributed by atoms with E-state index in [1.807, 2.05) is 6.92 Å². The van der Waals surface area contributed by atoms with Crippen molar-refractivity contribution in [1.29, 1.82) is 0 Å². The second-order valence-electron chi connectivity index (χ2n) is 4.89. The first-order chi connectivity index (χ1) is 9.79. The molecule has 0 aliphatic carbocycles. The lowest BCUT2D eigenvalue weighted by Crippen LogP contribution is -2.41. The summed E-state index contributed by atoms with van der Waals surface area (Å²) in [6.45, 7) is 2.57. The Morgan fingerprint density at radius 3 is 2.81 bits per heavy atom. The van der Waals surface area contributed by atoms with Gasteiger partial charge in [-0.15, -0.1) is 0 Å². The molecule has 1 aliphatic heterocycles. The standard InChI is InChI=1S/C13H15BrClNO4S/c1-8(12-3-2-6-20-12)16-13(17)10-7-9(21(15,18)19)4-5-11(10)14/h4-5,7-8,12H,2-3,6H2,1H3,(H,16,17). The van der Waals surface area contributed by atoms with E-state index in [0.29, 0.717) is 11.1 Å². The number of nitrogens with one attached hydrogen (secondary N) is 1. The van der Waals surface area contributed by atoms with E-state index >= 15 is 0 Å². The van der Waals surface area contributed by atoms with Gasteiger partial charge in [-0.3, -0.25) is 4.79 Å². The van der Waals surface area contributed by atoms with Gasteiger partial charge in [-0.25, -0.2) is 8.42 Å². The Morgan fingerprint density at radius 1 is 1.52 bits per heavy atom. The van der Waals surface area contributed by atoms with Crippen LogP contribution in [0.5, 0.6) is 0 Å². The molecular formula is C13H15BrClNO4S. The summed E-state index contributed by atoms with van der Waals surface area (Å²) >= 11 is 3.24. The summed E-state index contributed by atoms with van der Waals surface area (Å²) in [7, 11) is 1.43. The third kappa shape index (κ3) is 4.18. The van der Waals surface area contributed by atoms with Crippen molar-refractivity contribution in [3.05, 3.63) is 28.2 Å². The normalized spacial score (nSPS) is 20.2. The molecular weight excluding hydrogens is 382 g/mol. The molecule has 21 heavy (non-hydrogen) atoms. The molecule has 1 aromatic rings. The van der Waals surface area contributed by atoms with E-state index in [1.165, 1.54) is 18.2 Å².